The second-order valence-corrected chi connectivity index (χ2v) is 5.72. The minimum atomic E-state index is 0. The van der Waals surface area contributed by atoms with Crippen molar-refractivity contribution in [3.8, 4) is 0 Å². The Labute approximate surface area is 175 Å². The van der Waals surface area contributed by atoms with Crippen LogP contribution in [0.2, 0.25) is 0 Å². The van der Waals surface area contributed by atoms with Crippen LogP contribution in [0.1, 0.15) is 11.4 Å². The summed E-state index contributed by atoms with van der Waals surface area (Å²) in [5.74, 6) is 0.531. The van der Waals surface area contributed by atoms with Gasteiger partial charge in [0.15, 0.2) is 0 Å². The van der Waals surface area contributed by atoms with Crippen molar-refractivity contribution in [3.63, 3.8) is 0 Å². The standard InChI is InChI=1S/C19H18N4S.Na/c1-14-13-15(2)21-18(20-14)23(17-11-7-4-8-12-17)19(24)22-16-9-5-3-6-10-16;/h3-13H,1-2H3,(H,22,24);/q;+1/p-1. The molecule has 0 spiro atoms. The van der Waals surface area contributed by atoms with Crippen molar-refractivity contribution in [2.45, 2.75) is 13.8 Å². The van der Waals surface area contributed by atoms with Gasteiger partial charge in [0.25, 0.3) is 0 Å². The zero-order chi connectivity index (χ0) is 16.9. The van der Waals surface area contributed by atoms with Gasteiger partial charge in [-0.15, -0.1) is 0 Å². The van der Waals surface area contributed by atoms with Gasteiger partial charge in [-0.1, -0.05) is 36.4 Å². The van der Waals surface area contributed by atoms with Gasteiger partial charge in [-0.05, 0) is 49.3 Å². The molecule has 1 heterocycles. The molecule has 0 N–H and O–H groups in total. The molecule has 0 aliphatic rings. The van der Waals surface area contributed by atoms with E-state index in [9.17, 15) is 0 Å². The maximum atomic E-state index is 5.59. The van der Waals surface area contributed by atoms with Crippen LogP contribution in [0.5, 0.6) is 0 Å². The Morgan fingerprint density at radius 2 is 1.40 bits per heavy atom. The molecule has 0 saturated carbocycles. The number of aromatic nitrogens is 2. The molecule has 2 aromatic carbocycles. The Bertz CT molecular complexity index is 834. The number of aliphatic imine (C=N–C) groups is 1. The van der Waals surface area contributed by atoms with Crippen LogP contribution in [0.3, 0.4) is 0 Å². The summed E-state index contributed by atoms with van der Waals surface area (Å²) in [7, 11) is 0. The molecular formula is C19H17N4NaS. The summed E-state index contributed by atoms with van der Waals surface area (Å²) in [4.78, 5) is 15.4. The molecule has 0 amide bonds. The number of hydrogen-bond acceptors (Lipinski definition) is 4. The molecule has 0 unspecified atom stereocenters. The summed E-state index contributed by atoms with van der Waals surface area (Å²) in [5, 5.41) is 0.400. The van der Waals surface area contributed by atoms with E-state index >= 15 is 0 Å². The van der Waals surface area contributed by atoms with E-state index in [0.717, 1.165) is 22.8 Å². The fourth-order valence-electron chi connectivity index (χ4n) is 2.36. The molecule has 3 aromatic rings. The Balaban J connectivity index is 0.00000225. The first-order valence-electron chi connectivity index (χ1n) is 7.62. The van der Waals surface area contributed by atoms with Crippen LogP contribution in [0, 0.1) is 13.8 Å². The number of benzene rings is 2. The predicted octanol–water partition coefficient (Wildman–Crippen LogP) is 1.47. The minimum absolute atomic E-state index is 0. The predicted molar refractivity (Wildman–Crippen MR) is 101 cm³/mol. The Morgan fingerprint density at radius 1 is 0.880 bits per heavy atom. The van der Waals surface area contributed by atoms with Crippen molar-refractivity contribution in [2.24, 2.45) is 4.99 Å². The van der Waals surface area contributed by atoms with Crippen LogP contribution in [-0.2, 0) is 12.6 Å². The van der Waals surface area contributed by atoms with Crippen LogP contribution in [-0.4, -0.2) is 15.1 Å². The average Bonchev–Trinajstić information content (AvgIpc) is 2.56. The number of para-hydroxylation sites is 2. The van der Waals surface area contributed by atoms with E-state index in [2.05, 4.69) is 15.0 Å². The zero-order valence-electron chi connectivity index (χ0n) is 14.5. The molecule has 0 radical (unpaired) electrons. The maximum Gasteiger partial charge on any atom is 1.00 e. The summed E-state index contributed by atoms with van der Waals surface area (Å²) in [6, 6.07) is 21.4. The third kappa shape index (κ3) is 5.09. The van der Waals surface area contributed by atoms with Gasteiger partial charge in [-0.3, -0.25) is 9.89 Å². The van der Waals surface area contributed by atoms with E-state index in [1.54, 1.807) is 4.90 Å². The van der Waals surface area contributed by atoms with Crippen LogP contribution in [0.15, 0.2) is 71.7 Å². The van der Waals surface area contributed by atoms with Gasteiger partial charge in [0.1, 0.15) is 0 Å². The van der Waals surface area contributed by atoms with Crippen molar-refractivity contribution in [1.29, 1.82) is 0 Å². The molecule has 0 atom stereocenters. The SMILES string of the molecule is Cc1cc(C)nc(N(C([S-])=Nc2ccccc2)c2ccccc2)n1.[Na+]. The van der Waals surface area contributed by atoms with Crippen LogP contribution in [0.4, 0.5) is 17.3 Å². The van der Waals surface area contributed by atoms with Gasteiger partial charge in [-0.25, -0.2) is 9.97 Å². The monoisotopic (exact) mass is 356 g/mol. The molecule has 0 aliphatic heterocycles. The molecule has 1 aromatic heterocycles. The zero-order valence-corrected chi connectivity index (χ0v) is 17.4. The normalized spacial score (nSPS) is 10.9. The van der Waals surface area contributed by atoms with E-state index < -0.39 is 0 Å². The summed E-state index contributed by atoms with van der Waals surface area (Å²) in [5.41, 5.74) is 3.46. The molecular weight excluding hydrogens is 339 g/mol. The third-order valence-corrected chi connectivity index (χ3v) is 3.63. The van der Waals surface area contributed by atoms with E-state index in [-0.39, 0.29) is 29.6 Å². The van der Waals surface area contributed by atoms with Gasteiger partial charge in [-0.2, -0.15) is 0 Å². The van der Waals surface area contributed by atoms with Crippen LogP contribution in [0.25, 0.3) is 0 Å². The molecule has 0 aliphatic carbocycles. The fraction of sp³-hybridized carbons (Fsp3) is 0.105. The largest absolute Gasteiger partial charge is 1.00 e. The molecule has 120 valence electrons. The molecule has 6 heteroatoms. The first-order chi connectivity index (χ1) is 11.6. The molecule has 25 heavy (non-hydrogen) atoms. The van der Waals surface area contributed by atoms with Crippen molar-refractivity contribution >= 4 is 35.1 Å². The van der Waals surface area contributed by atoms with Gasteiger partial charge < -0.3 is 12.6 Å². The van der Waals surface area contributed by atoms with Crippen LogP contribution >= 0.6 is 0 Å². The minimum Gasteiger partial charge on any atom is -0.742 e. The second kappa shape index (κ2) is 9.06. The average molecular weight is 356 g/mol. The number of nitrogens with zero attached hydrogens (tertiary/aromatic N) is 4. The number of hydrogen-bond donors (Lipinski definition) is 0. The summed E-state index contributed by atoms with van der Waals surface area (Å²) >= 11 is 5.59. The molecule has 3 rings (SSSR count). The van der Waals surface area contributed by atoms with Gasteiger partial charge in [0.2, 0.25) is 5.95 Å². The fourth-order valence-corrected chi connectivity index (χ4v) is 2.65. The smallest absolute Gasteiger partial charge is 0.742 e. The first-order valence-corrected chi connectivity index (χ1v) is 8.02. The Kier molecular flexibility index (Phi) is 7.08. The molecule has 0 saturated heterocycles. The van der Waals surface area contributed by atoms with Gasteiger partial charge >= 0.3 is 29.6 Å². The van der Waals surface area contributed by atoms with Gasteiger partial charge in [0, 0.05) is 17.1 Å². The third-order valence-electron chi connectivity index (χ3n) is 3.36. The number of anilines is 2. The second-order valence-electron chi connectivity index (χ2n) is 5.35. The topological polar surface area (TPSA) is 41.4 Å². The summed E-state index contributed by atoms with van der Waals surface area (Å²) in [6.45, 7) is 3.89. The quantitative estimate of drug-likeness (QED) is 0.308. The Morgan fingerprint density at radius 3 is 1.96 bits per heavy atom. The van der Waals surface area contributed by atoms with Crippen molar-refractivity contribution in [3.05, 3.63) is 78.1 Å². The summed E-state index contributed by atoms with van der Waals surface area (Å²) < 4.78 is 0. The number of aryl methyl sites for hydroxylation is 2. The maximum absolute atomic E-state index is 5.59. The molecule has 0 bridgehead atoms. The first kappa shape index (κ1) is 19.5. The van der Waals surface area contributed by atoms with E-state index in [1.807, 2.05) is 80.6 Å². The van der Waals surface area contributed by atoms with E-state index in [0.29, 0.717) is 11.1 Å². The number of amidine groups is 1. The number of rotatable bonds is 3. The summed E-state index contributed by atoms with van der Waals surface area (Å²) in [6.07, 6.45) is 0. The molecule has 4 nitrogen and oxygen atoms in total. The van der Waals surface area contributed by atoms with E-state index in [4.69, 9.17) is 12.6 Å². The van der Waals surface area contributed by atoms with Crippen molar-refractivity contribution in [2.75, 3.05) is 4.90 Å². The Hall–Kier alpha value is -1.79. The van der Waals surface area contributed by atoms with Gasteiger partial charge in [0.05, 0.1) is 5.69 Å². The molecule has 0 fully saturated rings. The van der Waals surface area contributed by atoms with E-state index in [1.165, 1.54) is 0 Å². The van der Waals surface area contributed by atoms with Crippen molar-refractivity contribution < 1.29 is 29.6 Å². The van der Waals surface area contributed by atoms with Crippen LogP contribution < -0.4 is 34.5 Å². The van der Waals surface area contributed by atoms with Crippen molar-refractivity contribution in [1.82, 2.24) is 9.97 Å².